The van der Waals surface area contributed by atoms with Crippen LogP contribution in [-0.4, -0.2) is 73.5 Å². The van der Waals surface area contributed by atoms with Crippen molar-refractivity contribution >= 4 is 17.8 Å². The molecule has 0 spiro atoms. The van der Waals surface area contributed by atoms with Crippen molar-refractivity contribution < 1.29 is 19.1 Å². The SMILES string of the molecule is CCCCC/C=C\C/C=C\CCCCCCCCOC(=O)C1C[C@@H](NC(=O)CCN(C)C)CN1C(=O)CCCCCCC/C=C\C/C=C\CCCCC. The van der Waals surface area contributed by atoms with Gasteiger partial charge < -0.3 is 19.9 Å². The zero-order valence-corrected chi connectivity index (χ0v) is 34.8. The number of carbonyl (C=O) groups excluding carboxylic acids is 3. The van der Waals surface area contributed by atoms with Gasteiger partial charge in [0, 0.05) is 38.4 Å². The zero-order valence-electron chi connectivity index (χ0n) is 34.8. The van der Waals surface area contributed by atoms with E-state index in [0.717, 1.165) is 64.2 Å². The molecule has 0 radical (unpaired) electrons. The van der Waals surface area contributed by atoms with Gasteiger partial charge in [-0.2, -0.15) is 0 Å². The summed E-state index contributed by atoms with van der Waals surface area (Å²) >= 11 is 0. The number of hydrogen-bond acceptors (Lipinski definition) is 5. The molecule has 1 heterocycles. The van der Waals surface area contributed by atoms with Crippen LogP contribution in [0.15, 0.2) is 48.6 Å². The monoisotopic (exact) mass is 740 g/mol. The molecule has 1 fully saturated rings. The molecule has 1 aliphatic rings. The summed E-state index contributed by atoms with van der Waals surface area (Å²) in [5.74, 6) is -0.373. The molecule has 2 atom stereocenters. The molecule has 1 saturated heterocycles. The summed E-state index contributed by atoms with van der Waals surface area (Å²) in [5.41, 5.74) is 0. The van der Waals surface area contributed by atoms with Gasteiger partial charge in [-0.15, -0.1) is 0 Å². The second kappa shape index (κ2) is 35.1. The first-order valence-electron chi connectivity index (χ1n) is 21.9. The molecule has 53 heavy (non-hydrogen) atoms. The maximum absolute atomic E-state index is 13.4. The summed E-state index contributed by atoms with van der Waals surface area (Å²) in [6.07, 6.45) is 46.0. The second-order valence-electron chi connectivity index (χ2n) is 15.3. The Morgan fingerprint density at radius 2 is 1.09 bits per heavy atom. The highest BCUT2D eigenvalue weighted by molar-refractivity contribution is 5.86. The van der Waals surface area contributed by atoms with E-state index >= 15 is 0 Å². The van der Waals surface area contributed by atoms with E-state index in [0.29, 0.717) is 39.0 Å². The van der Waals surface area contributed by atoms with Crippen molar-refractivity contribution in [3.63, 3.8) is 0 Å². The first-order chi connectivity index (χ1) is 25.9. The lowest BCUT2D eigenvalue weighted by Crippen LogP contribution is -2.42. The minimum Gasteiger partial charge on any atom is -0.464 e. The van der Waals surface area contributed by atoms with E-state index in [4.69, 9.17) is 4.74 Å². The number of nitrogens with one attached hydrogen (secondary N) is 1. The van der Waals surface area contributed by atoms with E-state index in [9.17, 15) is 14.4 Å². The molecule has 7 heteroatoms. The third-order valence-electron chi connectivity index (χ3n) is 9.98. The molecule has 1 N–H and O–H groups in total. The summed E-state index contributed by atoms with van der Waals surface area (Å²) in [6, 6.07) is -0.846. The van der Waals surface area contributed by atoms with Gasteiger partial charge in [-0.1, -0.05) is 133 Å². The third kappa shape index (κ3) is 28.4. The van der Waals surface area contributed by atoms with Crippen LogP contribution in [0.3, 0.4) is 0 Å². The lowest BCUT2D eigenvalue weighted by Gasteiger charge is -2.23. The van der Waals surface area contributed by atoms with Crippen LogP contribution in [0.25, 0.3) is 0 Å². The number of amides is 2. The van der Waals surface area contributed by atoms with Crippen LogP contribution in [-0.2, 0) is 19.1 Å². The molecule has 2 amide bonds. The standard InChI is InChI=1S/C46H81N3O4/c1-5-7-9-11-13-15-17-19-21-23-25-27-29-31-33-35-39-53-46(52)43-40-42(47-44(50)37-38-48(3)4)41-49(43)45(51)36-34-32-30-28-26-24-22-20-18-16-14-12-10-8-6-2/h13-16,19-22,42-43H,5-12,17-18,23-41H2,1-4H3,(H,47,50)/b15-13-,16-14-,21-19-,22-20-/t42-,43?/m1/s1. The smallest absolute Gasteiger partial charge is 0.328 e. The quantitative estimate of drug-likeness (QED) is 0.0404. The Bertz CT molecular complexity index is 1030. The molecule has 0 saturated carbocycles. The van der Waals surface area contributed by atoms with Crippen LogP contribution in [0.5, 0.6) is 0 Å². The first-order valence-corrected chi connectivity index (χ1v) is 21.9. The van der Waals surface area contributed by atoms with Gasteiger partial charge in [-0.25, -0.2) is 4.79 Å². The van der Waals surface area contributed by atoms with Gasteiger partial charge in [0.1, 0.15) is 6.04 Å². The maximum atomic E-state index is 13.4. The van der Waals surface area contributed by atoms with Crippen molar-refractivity contribution in [1.29, 1.82) is 0 Å². The van der Waals surface area contributed by atoms with E-state index < -0.39 is 6.04 Å². The third-order valence-corrected chi connectivity index (χ3v) is 9.98. The minimum atomic E-state index is -0.621. The first kappa shape index (κ1) is 48.3. The van der Waals surface area contributed by atoms with Crippen LogP contribution in [0.2, 0.25) is 0 Å². The van der Waals surface area contributed by atoms with Crippen molar-refractivity contribution in [2.24, 2.45) is 0 Å². The molecule has 0 aromatic rings. The highest BCUT2D eigenvalue weighted by Crippen LogP contribution is 2.22. The molecular formula is C46H81N3O4. The topological polar surface area (TPSA) is 79.0 Å². The molecule has 0 aromatic carbocycles. The lowest BCUT2D eigenvalue weighted by molar-refractivity contribution is -0.153. The summed E-state index contributed by atoms with van der Waals surface area (Å²) in [7, 11) is 3.88. The Labute approximate surface area is 326 Å². The summed E-state index contributed by atoms with van der Waals surface area (Å²) in [6.45, 7) is 5.90. The number of esters is 1. The molecule has 7 nitrogen and oxygen atoms in total. The van der Waals surface area contributed by atoms with Crippen molar-refractivity contribution in [1.82, 2.24) is 15.1 Å². The Morgan fingerprint density at radius 3 is 1.60 bits per heavy atom. The fraction of sp³-hybridized carbons (Fsp3) is 0.761. The van der Waals surface area contributed by atoms with Gasteiger partial charge >= 0.3 is 5.97 Å². The van der Waals surface area contributed by atoms with Gasteiger partial charge in [-0.05, 0) is 91.1 Å². The van der Waals surface area contributed by atoms with E-state index in [1.54, 1.807) is 4.90 Å². The van der Waals surface area contributed by atoms with Crippen LogP contribution in [0.4, 0.5) is 0 Å². The van der Waals surface area contributed by atoms with Crippen molar-refractivity contribution in [2.45, 2.75) is 193 Å². The number of rotatable bonds is 34. The molecule has 1 unspecified atom stereocenters. The number of unbranched alkanes of at least 4 members (excludes halogenated alkanes) is 17. The van der Waals surface area contributed by atoms with Gasteiger partial charge in [0.05, 0.1) is 6.61 Å². The van der Waals surface area contributed by atoms with Gasteiger partial charge in [0.15, 0.2) is 0 Å². The normalized spacial score (nSPS) is 16.4. The second-order valence-corrected chi connectivity index (χ2v) is 15.3. The average molecular weight is 740 g/mol. The predicted octanol–water partition coefficient (Wildman–Crippen LogP) is 11.2. The van der Waals surface area contributed by atoms with Crippen LogP contribution < -0.4 is 5.32 Å². The fourth-order valence-electron chi connectivity index (χ4n) is 6.66. The fourth-order valence-corrected chi connectivity index (χ4v) is 6.66. The van der Waals surface area contributed by atoms with Gasteiger partial charge in [0.2, 0.25) is 11.8 Å². The van der Waals surface area contributed by atoms with Gasteiger partial charge in [-0.3, -0.25) is 9.59 Å². The van der Waals surface area contributed by atoms with E-state index in [2.05, 4.69) is 67.8 Å². The molecule has 0 bridgehead atoms. The number of nitrogens with zero attached hydrogens (tertiary/aromatic N) is 2. The lowest BCUT2D eigenvalue weighted by atomic mass is 10.1. The Morgan fingerprint density at radius 1 is 0.623 bits per heavy atom. The largest absolute Gasteiger partial charge is 0.464 e. The van der Waals surface area contributed by atoms with E-state index in [1.165, 1.54) is 83.5 Å². The Balaban J connectivity index is 2.33. The zero-order chi connectivity index (χ0) is 38.6. The number of hydrogen-bond donors (Lipinski definition) is 1. The van der Waals surface area contributed by atoms with Crippen molar-refractivity contribution in [3.8, 4) is 0 Å². The maximum Gasteiger partial charge on any atom is 0.328 e. The Kier molecular flexibility index (Phi) is 32.0. The molecule has 0 aromatic heterocycles. The average Bonchev–Trinajstić information content (AvgIpc) is 3.57. The molecule has 304 valence electrons. The minimum absolute atomic E-state index is 0.00334. The van der Waals surface area contributed by atoms with Crippen molar-refractivity contribution in [3.05, 3.63) is 48.6 Å². The van der Waals surface area contributed by atoms with E-state index in [-0.39, 0.29) is 23.8 Å². The Hall–Kier alpha value is -2.67. The molecular weight excluding hydrogens is 659 g/mol. The summed E-state index contributed by atoms with van der Waals surface area (Å²) in [4.78, 5) is 42.8. The number of likely N-dealkylation sites (tertiary alicyclic amines) is 1. The molecule has 1 aliphatic heterocycles. The van der Waals surface area contributed by atoms with Crippen LogP contribution >= 0.6 is 0 Å². The number of ether oxygens (including phenoxy) is 1. The molecule has 1 rings (SSSR count). The van der Waals surface area contributed by atoms with E-state index in [1.807, 2.05) is 19.0 Å². The highest BCUT2D eigenvalue weighted by Gasteiger charge is 2.40. The number of allylic oxidation sites excluding steroid dienone is 8. The predicted molar refractivity (Wildman–Crippen MR) is 225 cm³/mol. The van der Waals surface area contributed by atoms with Gasteiger partial charge in [0.25, 0.3) is 0 Å². The summed E-state index contributed by atoms with van der Waals surface area (Å²) in [5, 5.41) is 3.07. The summed E-state index contributed by atoms with van der Waals surface area (Å²) < 4.78 is 5.71. The number of carbonyl (C=O) groups is 3. The van der Waals surface area contributed by atoms with Crippen LogP contribution in [0.1, 0.15) is 181 Å². The van der Waals surface area contributed by atoms with Crippen LogP contribution in [0, 0.1) is 0 Å². The molecule has 0 aliphatic carbocycles. The highest BCUT2D eigenvalue weighted by atomic mass is 16.5. The van der Waals surface area contributed by atoms with Crippen molar-refractivity contribution in [2.75, 3.05) is 33.8 Å².